The van der Waals surface area contributed by atoms with Gasteiger partial charge in [-0.2, -0.15) is 0 Å². The second-order valence-electron chi connectivity index (χ2n) is 3.76. The number of nitrogen functional groups attached to an aromatic ring is 1. The van der Waals surface area contributed by atoms with Crippen LogP contribution in [0.2, 0.25) is 0 Å². The standard InChI is InChI=1S/C11H8F2N4O/c12-7-1-2-8-10(9(7)13)17(11(14)16-8)5-6-3-4-15-18-6/h1-4H,5H2,(H2,14,16). The third-order valence-corrected chi connectivity index (χ3v) is 2.63. The van der Waals surface area contributed by atoms with Crippen molar-refractivity contribution >= 4 is 17.0 Å². The lowest BCUT2D eigenvalue weighted by Crippen LogP contribution is -2.05. The number of rotatable bonds is 2. The lowest BCUT2D eigenvalue weighted by atomic mass is 10.3. The van der Waals surface area contributed by atoms with Crippen LogP contribution in [0.3, 0.4) is 0 Å². The Bertz CT molecular complexity index is 705. The summed E-state index contributed by atoms with van der Waals surface area (Å²) in [4.78, 5) is 3.97. The molecule has 0 atom stereocenters. The third kappa shape index (κ3) is 1.52. The summed E-state index contributed by atoms with van der Waals surface area (Å²) in [7, 11) is 0. The van der Waals surface area contributed by atoms with Gasteiger partial charge in [0.1, 0.15) is 5.52 Å². The van der Waals surface area contributed by atoms with E-state index in [0.717, 1.165) is 6.07 Å². The predicted octanol–water partition coefficient (Wildman–Crippen LogP) is 1.93. The molecule has 0 saturated heterocycles. The number of anilines is 1. The predicted molar refractivity (Wildman–Crippen MR) is 59.7 cm³/mol. The zero-order chi connectivity index (χ0) is 12.7. The summed E-state index contributed by atoms with van der Waals surface area (Å²) in [6, 6.07) is 4.01. The minimum absolute atomic E-state index is 0.0175. The molecule has 0 radical (unpaired) electrons. The van der Waals surface area contributed by atoms with Crippen molar-refractivity contribution < 1.29 is 13.3 Å². The average molecular weight is 250 g/mol. The van der Waals surface area contributed by atoms with Crippen LogP contribution >= 0.6 is 0 Å². The lowest BCUT2D eigenvalue weighted by molar-refractivity contribution is 0.377. The fraction of sp³-hybridized carbons (Fsp3) is 0.0909. The molecule has 0 fully saturated rings. The van der Waals surface area contributed by atoms with E-state index in [1.807, 2.05) is 0 Å². The van der Waals surface area contributed by atoms with Crippen molar-refractivity contribution in [2.24, 2.45) is 0 Å². The molecule has 0 amide bonds. The van der Waals surface area contributed by atoms with Gasteiger partial charge in [0.15, 0.2) is 17.4 Å². The van der Waals surface area contributed by atoms with Gasteiger partial charge in [-0.3, -0.25) is 0 Å². The van der Waals surface area contributed by atoms with Crippen molar-refractivity contribution in [2.45, 2.75) is 6.54 Å². The van der Waals surface area contributed by atoms with Gasteiger partial charge >= 0.3 is 0 Å². The molecule has 0 aliphatic rings. The highest BCUT2D eigenvalue weighted by Crippen LogP contribution is 2.23. The number of aromatic nitrogens is 3. The molecule has 2 N–H and O–H groups in total. The van der Waals surface area contributed by atoms with Gasteiger partial charge in [0.2, 0.25) is 5.95 Å². The number of nitrogens with two attached hydrogens (primary N) is 1. The molecule has 5 nitrogen and oxygen atoms in total. The van der Waals surface area contributed by atoms with E-state index >= 15 is 0 Å². The van der Waals surface area contributed by atoms with Crippen LogP contribution in [0.15, 0.2) is 28.9 Å². The van der Waals surface area contributed by atoms with Crippen LogP contribution < -0.4 is 5.73 Å². The van der Waals surface area contributed by atoms with Crippen molar-refractivity contribution in [3.05, 3.63) is 41.8 Å². The molecule has 0 bridgehead atoms. The zero-order valence-corrected chi connectivity index (χ0v) is 9.10. The maximum absolute atomic E-state index is 13.8. The summed E-state index contributed by atoms with van der Waals surface area (Å²) < 4.78 is 33.2. The fourth-order valence-corrected chi connectivity index (χ4v) is 1.81. The van der Waals surface area contributed by atoms with Gasteiger partial charge < -0.3 is 14.8 Å². The molecule has 0 spiro atoms. The molecular formula is C11H8F2N4O. The Balaban J connectivity index is 2.21. The molecular weight excluding hydrogens is 242 g/mol. The van der Waals surface area contributed by atoms with Crippen LogP contribution in [0, 0.1) is 11.6 Å². The summed E-state index contributed by atoms with van der Waals surface area (Å²) in [5.41, 5.74) is 6.00. The Morgan fingerprint density at radius 1 is 1.28 bits per heavy atom. The van der Waals surface area contributed by atoms with Crippen LogP contribution in [-0.4, -0.2) is 14.7 Å². The molecule has 0 saturated carbocycles. The van der Waals surface area contributed by atoms with Crippen molar-refractivity contribution in [1.29, 1.82) is 0 Å². The molecule has 92 valence electrons. The Labute approximate surface area is 99.8 Å². The van der Waals surface area contributed by atoms with E-state index in [2.05, 4.69) is 10.1 Å². The number of hydrogen-bond acceptors (Lipinski definition) is 4. The van der Waals surface area contributed by atoms with E-state index in [4.69, 9.17) is 10.3 Å². The van der Waals surface area contributed by atoms with E-state index < -0.39 is 11.6 Å². The SMILES string of the molecule is Nc1nc2ccc(F)c(F)c2n1Cc1ccno1. The summed E-state index contributed by atoms with van der Waals surface area (Å²) >= 11 is 0. The molecule has 18 heavy (non-hydrogen) atoms. The van der Waals surface area contributed by atoms with Crippen molar-refractivity contribution in [3.8, 4) is 0 Å². The maximum Gasteiger partial charge on any atom is 0.201 e. The molecule has 0 aliphatic heterocycles. The van der Waals surface area contributed by atoms with Gasteiger partial charge in [0.05, 0.1) is 18.3 Å². The smallest absolute Gasteiger partial charge is 0.201 e. The van der Waals surface area contributed by atoms with Gasteiger partial charge in [-0.25, -0.2) is 13.8 Å². The first-order valence-electron chi connectivity index (χ1n) is 5.16. The lowest BCUT2D eigenvalue weighted by Gasteiger charge is -2.04. The van der Waals surface area contributed by atoms with Crippen LogP contribution in [0.25, 0.3) is 11.0 Å². The first kappa shape index (κ1) is 10.7. The molecule has 2 heterocycles. The second kappa shape index (κ2) is 3.80. The molecule has 2 aromatic heterocycles. The van der Waals surface area contributed by atoms with E-state index in [1.54, 1.807) is 6.07 Å². The van der Waals surface area contributed by atoms with E-state index in [0.29, 0.717) is 11.3 Å². The van der Waals surface area contributed by atoms with Gasteiger partial charge in [-0.15, -0.1) is 0 Å². The van der Waals surface area contributed by atoms with Crippen molar-refractivity contribution in [3.63, 3.8) is 0 Å². The number of fused-ring (bicyclic) bond motifs is 1. The van der Waals surface area contributed by atoms with Crippen molar-refractivity contribution in [2.75, 3.05) is 5.73 Å². The highest BCUT2D eigenvalue weighted by molar-refractivity contribution is 5.79. The minimum atomic E-state index is -0.976. The number of imidazole rings is 1. The van der Waals surface area contributed by atoms with Crippen LogP contribution in [0.5, 0.6) is 0 Å². The Kier molecular flexibility index (Phi) is 2.26. The first-order valence-corrected chi connectivity index (χ1v) is 5.16. The Morgan fingerprint density at radius 3 is 2.83 bits per heavy atom. The molecule has 3 rings (SSSR count). The molecule has 0 unspecified atom stereocenters. The largest absolute Gasteiger partial charge is 0.369 e. The summed E-state index contributed by atoms with van der Waals surface area (Å²) in [5, 5.41) is 3.54. The molecule has 0 aliphatic carbocycles. The van der Waals surface area contributed by atoms with E-state index in [-0.39, 0.29) is 18.0 Å². The molecule has 3 aromatic rings. The monoisotopic (exact) mass is 250 g/mol. The van der Waals surface area contributed by atoms with E-state index in [1.165, 1.54) is 16.8 Å². The summed E-state index contributed by atoms with van der Waals surface area (Å²) in [5.74, 6) is -1.35. The van der Waals surface area contributed by atoms with E-state index in [9.17, 15) is 8.78 Å². The Morgan fingerprint density at radius 2 is 2.11 bits per heavy atom. The van der Waals surface area contributed by atoms with Gasteiger partial charge in [-0.05, 0) is 12.1 Å². The van der Waals surface area contributed by atoms with Gasteiger partial charge in [0.25, 0.3) is 0 Å². The maximum atomic E-state index is 13.8. The first-order chi connectivity index (χ1) is 8.66. The van der Waals surface area contributed by atoms with Gasteiger partial charge in [0, 0.05) is 6.07 Å². The number of nitrogens with zero attached hydrogens (tertiary/aromatic N) is 3. The molecule has 1 aromatic carbocycles. The highest BCUT2D eigenvalue weighted by atomic mass is 19.2. The second-order valence-corrected chi connectivity index (χ2v) is 3.76. The van der Waals surface area contributed by atoms with Crippen LogP contribution in [0.1, 0.15) is 5.76 Å². The fourth-order valence-electron chi connectivity index (χ4n) is 1.81. The molecule has 7 heteroatoms. The number of benzene rings is 1. The minimum Gasteiger partial charge on any atom is -0.369 e. The topological polar surface area (TPSA) is 69.9 Å². The average Bonchev–Trinajstić information content (AvgIpc) is 2.94. The summed E-state index contributed by atoms with van der Waals surface area (Å²) in [6.45, 7) is 0.142. The third-order valence-electron chi connectivity index (χ3n) is 2.63. The van der Waals surface area contributed by atoms with Gasteiger partial charge in [-0.1, -0.05) is 5.16 Å². The Hall–Kier alpha value is -2.44. The zero-order valence-electron chi connectivity index (χ0n) is 9.10. The van der Waals surface area contributed by atoms with Crippen LogP contribution in [0.4, 0.5) is 14.7 Å². The van der Waals surface area contributed by atoms with Crippen molar-refractivity contribution in [1.82, 2.24) is 14.7 Å². The highest BCUT2D eigenvalue weighted by Gasteiger charge is 2.16. The normalized spacial score (nSPS) is 11.2. The van der Waals surface area contributed by atoms with Crippen LogP contribution in [-0.2, 0) is 6.54 Å². The number of hydrogen-bond donors (Lipinski definition) is 1. The summed E-state index contributed by atoms with van der Waals surface area (Å²) in [6.07, 6.45) is 1.46. The quantitative estimate of drug-likeness (QED) is 0.754. The number of halogens is 2.